The third kappa shape index (κ3) is 3.54. The third-order valence-electron chi connectivity index (χ3n) is 7.76. The van der Waals surface area contributed by atoms with Crippen LogP contribution in [-0.4, -0.2) is 52.2 Å². The first-order chi connectivity index (χ1) is 16.5. The highest BCUT2D eigenvalue weighted by Gasteiger charge is 2.59. The molecule has 2 bridgehead atoms. The Hall–Kier alpha value is -3.35. The smallest absolute Gasteiger partial charge is 0.407 e. The molecule has 2 aromatic rings. The average Bonchev–Trinajstić information content (AvgIpc) is 3.51. The number of fused-ring (bicyclic) bond motifs is 5. The van der Waals surface area contributed by atoms with Crippen molar-refractivity contribution in [3.8, 4) is 11.1 Å². The summed E-state index contributed by atoms with van der Waals surface area (Å²) in [7, 11) is 0. The highest BCUT2D eigenvalue weighted by molar-refractivity contribution is 5.93. The molecule has 178 valence electrons. The van der Waals surface area contributed by atoms with Crippen molar-refractivity contribution in [1.82, 2.24) is 10.2 Å². The molecule has 0 radical (unpaired) electrons. The number of hydrogen-bond donors (Lipinski definition) is 2. The van der Waals surface area contributed by atoms with E-state index in [0.29, 0.717) is 38.5 Å². The fraction of sp³-hybridized carbons (Fsp3) is 0.444. The van der Waals surface area contributed by atoms with E-state index in [4.69, 9.17) is 4.74 Å². The van der Waals surface area contributed by atoms with Crippen LogP contribution in [0.25, 0.3) is 11.1 Å². The Balaban J connectivity index is 1.28. The van der Waals surface area contributed by atoms with Crippen molar-refractivity contribution >= 4 is 18.0 Å². The van der Waals surface area contributed by atoms with Crippen LogP contribution in [-0.2, 0) is 14.3 Å². The molecule has 7 heteroatoms. The number of benzene rings is 2. The zero-order chi connectivity index (χ0) is 23.9. The van der Waals surface area contributed by atoms with Gasteiger partial charge in [-0.1, -0.05) is 61.9 Å². The number of rotatable bonds is 7. The van der Waals surface area contributed by atoms with Gasteiger partial charge in [-0.05, 0) is 54.4 Å². The molecule has 5 rings (SSSR count). The van der Waals surface area contributed by atoms with Crippen LogP contribution >= 0.6 is 0 Å². The minimum absolute atomic E-state index is 0.0627. The lowest BCUT2D eigenvalue weighted by Crippen LogP contribution is -2.57. The summed E-state index contributed by atoms with van der Waals surface area (Å²) in [6, 6.07) is 15.4. The topological polar surface area (TPSA) is 95.9 Å². The predicted molar refractivity (Wildman–Crippen MR) is 126 cm³/mol. The molecule has 2 heterocycles. The normalized spacial score (nSPS) is 23.3. The molecule has 2 saturated heterocycles. The summed E-state index contributed by atoms with van der Waals surface area (Å²) in [6.45, 7) is 2.10. The summed E-state index contributed by atoms with van der Waals surface area (Å²) in [4.78, 5) is 39.8. The molecule has 2 N–H and O–H groups in total. The van der Waals surface area contributed by atoms with E-state index >= 15 is 0 Å². The molecule has 2 aliphatic heterocycles. The number of hydrogen-bond acceptors (Lipinski definition) is 4. The van der Waals surface area contributed by atoms with Crippen LogP contribution in [0.1, 0.15) is 62.5 Å². The minimum atomic E-state index is -1.13. The first-order valence-electron chi connectivity index (χ1n) is 12.1. The SMILES string of the molecule is CCCC(NC(=O)OCC1c2ccccc2-c2ccccc21)C(=O)N1C2CCC1(C(=O)O)CC2. The zero-order valence-corrected chi connectivity index (χ0v) is 19.3. The Bertz CT molecular complexity index is 1080. The van der Waals surface area contributed by atoms with E-state index in [2.05, 4.69) is 29.6 Å². The Morgan fingerprint density at radius 2 is 1.65 bits per heavy atom. The Labute approximate surface area is 199 Å². The molecule has 1 aliphatic carbocycles. The number of nitrogens with zero attached hydrogens (tertiary/aromatic N) is 1. The van der Waals surface area contributed by atoms with Gasteiger partial charge in [-0.2, -0.15) is 0 Å². The lowest BCUT2D eigenvalue weighted by molar-refractivity contribution is -0.156. The van der Waals surface area contributed by atoms with Gasteiger partial charge in [0.15, 0.2) is 0 Å². The molecule has 1 unspecified atom stereocenters. The van der Waals surface area contributed by atoms with Crippen LogP contribution in [0.2, 0.25) is 0 Å². The average molecular weight is 463 g/mol. The molecule has 0 aromatic heterocycles. The number of ether oxygens (including phenoxy) is 1. The Morgan fingerprint density at radius 1 is 1.06 bits per heavy atom. The number of carbonyl (C=O) groups excluding carboxylic acids is 2. The van der Waals surface area contributed by atoms with Crippen molar-refractivity contribution in [1.29, 1.82) is 0 Å². The molecule has 2 amide bonds. The highest BCUT2D eigenvalue weighted by atomic mass is 16.5. The maximum absolute atomic E-state index is 13.4. The predicted octanol–water partition coefficient (Wildman–Crippen LogP) is 4.30. The van der Waals surface area contributed by atoms with Crippen LogP contribution in [0.15, 0.2) is 48.5 Å². The van der Waals surface area contributed by atoms with E-state index in [0.717, 1.165) is 22.3 Å². The number of aliphatic carboxylic acids is 1. The third-order valence-corrected chi connectivity index (χ3v) is 7.76. The van der Waals surface area contributed by atoms with Crippen molar-refractivity contribution < 1.29 is 24.2 Å². The highest BCUT2D eigenvalue weighted by Crippen LogP contribution is 2.47. The zero-order valence-electron chi connectivity index (χ0n) is 19.3. The summed E-state index contributed by atoms with van der Waals surface area (Å²) >= 11 is 0. The molecule has 2 aromatic carbocycles. The van der Waals surface area contributed by atoms with E-state index in [1.807, 2.05) is 31.2 Å². The summed E-state index contributed by atoms with van der Waals surface area (Å²) in [6.07, 6.45) is 2.81. The van der Waals surface area contributed by atoms with Gasteiger partial charge in [0.05, 0.1) is 0 Å². The minimum Gasteiger partial charge on any atom is -0.479 e. The van der Waals surface area contributed by atoms with E-state index in [-0.39, 0.29) is 24.5 Å². The van der Waals surface area contributed by atoms with Crippen molar-refractivity contribution in [2.45, 2.75) is 69.0 Å². The van der Waals surface area contributed by atoms with Crippen molar-refractivity contribution in [3.05, 3.63) is 59.7 Å². The number of carboxylic acids is 1. The number of nitrogens with one attached hydrogen (secondary N) is 1. The largest absolute Gasteiger partial charge is 0.479 e. The quantitative estimate of drug-likeness (QED) is 0.640. The second kappa shape index (κ2) is 8.78. The van der Waals surface area contributed by atoms with Gasteiger partial charge in [-0.25, -0.2) is 9.59 Å². The number of alkyl carbamates (subject to hydrolysis) is 1. The van der Waals surface area contributed by atoms with Crippen molar-refractivity contribution in [2.75, 3.05) is 6.61 Å². The first kappa shape index (κ1) is 22.4. The fourth-order valence-corrected chi connectivity index (χ4v) is 6.13. The lowest BCUT2D eigenvalue weighted by atomic mass is 9.88. The maximum atomic E-state index is 13.4. The van der Waals surface area contributed by atoms with Gasteiger partial charge >= 0.3 is 12.1 Å². The standard InChI is InChI=1S/C27H30N2O5/c1-2-7-23(24(30)29-17-12-14-27(29,15-13-17)25(31)32)28-26(33)34-16-22-20-10-5-3-8-18(20)19-9-4-6-11-21(19)22/h3-6,8-11,17,22-23H,2,7,12-16H2,1H3,(H,28,33)(H,31,32). The summed E-state index contributed by atoms with van der Waals surface area (Å²) in [5.74, 6) is -1.32. The van der Waals surface area contributed by atoms with Gasteiger partial charge in [0.1, 0.15) is 18.2 Å². The van der Waals surface area contributed by atoms with E-state index in [1.54, 1.807) is 4.90 Å². The van der Waals surface area contributed by atoms with Crippen LogP contribution in [0.4, 0.5) is 4.79 Å². The number of carbonyl (C=O) groups is 3. The van der Waals surface area contributed by atoms with E-state index in [9.17, 15) is 19.5 Å². The van der Waals surface area contributed by atoms with Gasteiger partial charge in [0.2, 0.25) is 5.91 Å². The van der Waals surface area contributed by atoms with Gasteiger partial charge in [-0.15, -0.1) is 0 Å². The Kier molecular flexibility index (Phi) is 5.80. The first-order valence-corrected chi connectivity index (χ1v) is 12.1. The molecular weight excluding hydrogens is 432 g/mol. The summed E-state index contributed by atoms with van der Waals surface area (Å²) in [5.41, 5.74) is 3.41. The molecule has 0 spiro atoms. The summed E-state index contributed by atoms with van der Waals surface area (Å²) < 4.78 is 5.63. The molecular formula is C27H30N2O5. The molecule has 7 nitrogen and oxygen atoms in total. The molecule has 2 fully saturated rings. The monoisotopic (exact) mass is 462 g/mol. The van der Waals surface area contributed by atoms with E-state index < -0.39 is 23.6 Å². The van der Waals surface area contributed by atoms with Crippen LogP contribution < -0.4 is 5.32 Å². The van der Waals surface area contributed by atoms with Crippen LogP contribution in [0.5, 0.6) is 0 Å². The second-order valence-electron chi connectivity index (χ2n) is 9.59. The molecule has 1 atom stereocenters. The van der Waals surface area contributed by atoms with Gasteiger partial charge in [0, 0.05) is 12.0 Å². The number of carboxylic acid groups (broad SMARTS) is 1. The van der Waals surface area contributed by atoms with Gasteiger partial charge < -0.3 is 20.1 Å². The van der Waals surface area contributed by atoms with Crippen molar-refractivity contribution in [3.63, 3.8) is 0 Å². The number of amides is 2. The fourth-order valence-electron chi connectivity index (χ4n) is 6.13. The lowest BCUT2D eigenvalue weighted by Gasteiger charge is -2.33. The molecule has 34 heavy (non-hydrogen) atoms. The van der Waals surface area contributed by atoms with Crippen molar-refractivity contribution in [2.24, 2.45) is 0 Å². The van der Waals surface area contributed by atoms with Gasteiger partial charge in [-0.3, -0.25) is 4.79 Å². The van der Waals surface area contributed by atoms with Crippen LogP contribution in [0, 0.1) is 0 Å². The second-order valence-corrected chi connectivity index (χ2v) is 9.59. The molecule has 0 saturated carbocycles. The van der Waals surface area contributed by atoms with Gasteiger partial charge in [0.25, 0.3) is 0 Å². The molecule has 3 aliphatic rings. The van der Waals surface area contributed by atoms with Crippen LogP contribution in [0.3, 0.4) is 0 Å². The summed E-state index contributed by atoms with van der Waals surface area (Å²) in [5, 5.41) is 12.6. The van der Waals surface area contributed by atoms with E-state index in [1.165, 1.54) is 0 Å². The Morgan fingerprint density at radius 3 is 2.21 bits per heavy atom. The maximum Gasteiger partial charge on any atom is 0.407 e.